The van der Waals surface area contributed by atoms with Crippen molar-refractivity contribution in [3.8, 4) is 22.3 Å². The molecule has 0 aliphatic rings. The van der Waals surface area contributed by atoms with Crippen molar-refractivity contribution in [1.82, 2.24) is 4.98 Å². The highest BCUT2D eigenvalue weighted by molar-refractivity contribution is 6.26. The normalized spacial score (nSPS) is 11.4. The van der Waals surface area contributed by atoms with Gasteiger partial charge in [-0.05, 0) is 84.9 Å². The average Bonchev–Trinajstić information content (AvgIpc) is 3.15. The average molecular weight is 599 g/mol. The van der Waals surface area contributed by atoms with Crippen molar-refractivity contribution in [3.05, 3.63) is 182 Å². The fraction of sp³-hybridized carbons (Fsp3) is 0. The van der Waals surface area contributed by atoms with Gasteiger partial charge in [-0.3, -0.25) is 4.90 Å². The maximum Gasteiger partial charge on any atom is 0.137 e. The molecule has 0 fully saturated rings. The summed E-state index contributed by atoms with van der Waals surface area (Å²) in [5, 5.41) is 9.82. The molecule has 8 aromatic carbocycles. The number of rotatable bonds is 5. The van der Waals surface area contributed by atoms with Crippen LogP contribution in [-0.4, -0.2) is 4.98 Å². The molecule has 9 rings (SSSR count). The Morgan fingerprint density at radius 1 is 0.383 bits per heavy atom. The fourth-order valence-corrected chi connectivity index (χ4v) is 7.19. The third-order valence-electron chi connectivity index (χ3n) is 9.28. The van der Waals surface area contributed by atoms with Gasteiger partial charge >= 0.3 is 0 Å². The zero-order chi connectivity index (χ0) is 31.2. The Morgan fingerprint density at radius 3 is 1.57 bits per heavy atom. The largest absolute Gasteiger partial charge is 0.294 e. The summed E-state index contributed by atoms with van der Waals surface area (Å²) < 4.78 is 0. The lowest BCUT2D eigenvalue weighted by atomic mass is 9.86. The van der Waals surface area contributed by atoms with Crippen LogP contribution in [0.5, 0.6) is 0 Å². The topological polar surface area (TPSA) is 16.1 Å². The zero-order valence-corrected chi connectivity index (χ0v) is 25.7. The summed E-state index contributed by atoms with van der Waals surface area (Å²) in [7, 11) is 0. The lowest BCUT2D eigenvalue weighted by Crippen LogP contribution is -2.12. The molecule has 0 aliphatic heterocycles. The first-order valence-electron chi connectivity index (χ1n) is 16.1. The maximum atomic E-state index is 4.91. The minimum atomic E-state index is 0.874. The van der Waals surface area contributed by atoms with E-state index in [0.29, 0.717) is 0 Å². The highest BCUT2D eigenvalue weighted by Gasteiger charge is 2.23. The molecule has 0 radical (unpaired) electrons. The third kappa shape index (κ3) is 4.54. The van der Waals surface area contributed by atoms with Crippen LogP contribution < -0.4 is 4.90 Å². The van der Waals surface area contributed by atoms with Crippen molar-refractivity contribution in [1.29, 1.82) is 0 Å². The smallest absolute Gasteiger partial charge is 0.137 e. The predicted octanol–water partition coefficient (Wildman–Crippen LogP) is 12.5. The predicted molar refractivity (Wildman–Crippen MR) is 200 cm³/mol. The summed E-state index contributed by atoms with van der Waals surface area (Å²) in [5.41, 5.74) is 7.06. The minimum absolute atomic E-state index is 0.874. The Kier molecular flexibility index (Phi) is 6.50. The first-order chi connectivity index (χ1) is 23.3. The lowest BCUT2D eigenvalue weighted by Gasteiger charge is -2.29. The fourth-order valence-electron chi connectivity index (χ4n) is 7.19. The van der Waals surface area contributed by atoms with Gasteiger partial charge in [0.1, 0.15) is 5.82 Å². The van der Waals surface area contributed by atoms with Crippen molar-refractivity contribution in [2.75, 3.05) is 4.90 Å². The Balaban J connectivity index is 1.37. The maximum absolute atomic E-state index is 4.91. The van der Waals surface area contributed by atoms with Crippen molar-refractivity contribution >= 4 is 60.3 Å². The van der Waals surface area contributed by atoms with Crippen LogP contribution in [0.3, 0.4) is 0 Å². The first kappa shape index (κ1) is 27.1. The number of fused-ring (bicyclic) bond motifs is 5. The molecule has 2 heteroatoms. The van der Waals surface area contributed by atoms with E-state index in [0.717, 1.165) is 17.2 Å². The van der Waals surface area contributed by atoms with E-state index < -0.39 is 0 Å². The first-order valence-corrected chi connectivity index (χ1v) is 16.1. The van der Waals surface area contributed by atoms with E-state index in [2.05, 4.69) is 175 Å². The summed E-state index contributed by atoms with van der Waals surface area (Å²) in [6, 6.07) is 63.1. The SMILES string of the molecule is c1ccc(-c2ccc(N(c3ccccn3)c3c4ccccc4c(-c4cc5ccccc5c5ccccc45)c4ccccc34)cc2)cc1. The highest BCUT2D eigenvalue weighted by Crippen LogP contribution is 2.49. The van der Waals surface area contributed by atoms with Crippen molar-refractivity contribution in [3.63, 3.8) is 0 Å². The Morgan fingerprint density at radius 2 is 0.915 bits per heavy atom. The molecule has 0 amide bonds. The van der Waals surface area contributed by atoms with Gasteiger partial charge < -0.3 is 0 Å². The number of aromatic nitrogens is 1. The van der Waals surface area contributed by atoms with Gasteiger partial charge in [0.15, 0.2) is 0 Å². The van der Waals surface area contributed by atoms with Crippen LogP contribution in [0.4, 0.5) is 17.2 Å². The molecule has 0 saturated carbocycles. The summed E-state index contributed by atoms with van der Waals surface area (Å²) in [6.07, 6.45) is 1.88. The number of hydrogen-bond donors (Lipinski definition) is 0. The molecular weight excluding hydrogens is 569 g/mol. The van der Waals surface area contributed by atoms with Crippen LogP contribution in [0, 0.1) is 0 Å². The second-order valence-corrected chi connectivity index (χ2v) is 11.9. The summed E-state index contributed by atoms with van der Waals surface area (Å²) >= 11 is 0. The number of anilines is 3. The second-order valence-electron chi connectivity index (χ2n) is 11.9. The number of hydrogen-bond acceptors (Lipinski definition) is 2. The van der Waals surface area contributed by atoms with E-state index >= 15 is 0 Å². The second kappa shape index (κ2) is 11.3. The lowest BCUT2D eigenvalue weighted by molar-refractivity contribution is 1.19. The monoisotopic (exact) mass is 598 g/mol. The molecule has 1 heterocycles. The van der Waals surface area contributed by atoms with Crippen LogP contribution in [0.1, 0.15) is 0 Å². The molecule has 0 aliphatic carbocycles. The van der Waals surface area contributed by atoms with E-state index in [4.69, 9.17) is 4.98 Å². The molecule has 1 aromatic heterocycles. The molecule has 0 atom stereocenters. The molecule has 0 unspecified atom stereocenters. The Labute approximate surface area is 273 Å². The standard InChI is InChI=1S/C45H30N2/c1-2-14-31(15-3-1)32-25-27-34(28-26-32)47(43-24-12-13-29-46-43)45-40-22-10-8-20-38(40)44(39-21-9-11-23-41(39)45)42-30-33-16-4-5-17-35(33)36-18-6-7-19-37(36)42/h1-30H. The van der Waals surface area contributed by atoms with E-state index in [9.17, 15) is 0 Å². The molecule has 2 nitrogen and oxygen atoms in total. The number of pyridine rings is 1. The van der Waals surface area contributed by atoms with Crippen molar-refractivity contribution in [2.45, 2.75) is 0 Å². The van der Waals surface area contributed by atoms with E-state index in [1.807, 2.05) is 12.3 Å². The summed E-state index contributed by atoms with van der Waals surface area (Å²) in [6.45, 7) is 0. The zero-order valence-electron chi connectivity index (χ0n) is 25.7. The molecule has 0 saturated heterocycles. The Hall–Kier alpha value is -6.25. The highest BCUT2D eigenvalue weighted by atomic mass is 15.2. The molecule has 0 spiro atoms. The quantitative estimate of drug-likeness (QED) is 0.145. The molecular formula is C45H30N2. The van der Waals surface area contributed by atoms with Gasteiger partial charge in [0.25, 0.3) is 0 Å². The molecule has 47 heavy (non-hydrogen) atoms. The van der Waals surface area contributed by atoms with Crippen LogP contribution >= 0.6 is 0 Å². The summed E-state index contributed by atoms with van der Waals surface area (Å²) in [4.78, 5) is 7.23. The van der Waals surface area contributed by atoms with Gasteiger partial charge in [-0.2, -0.15) is 0 Å². The molecule has 0 N–H and O–H groups in total. The summed E-state index contributed by atoms with van der Waals surface area (Å²) in [5.74, 6) is 0.874. The number of nitrogens with zero attached hydrogens (tertiary/aromatic N) is 2. The molecule has 9 aromatic rings. The Bertz CT molecular complexity index is 2500. The van der Waals surface area contributed by atoms with E-state index in [1.165, 1.54) is 65.3 Å². The van der Waals surface area contributed by atoms with Crippen molar-refractivity contribution in [2.24, 2.45) is 0 Å². The van der Waals surface area contributed by atoms with E-state index in [1.54, 1.807) is 0 Å². The van der Waals surface area contributed by atoms with Gasteiger partial charge in [0.05, 0.1) is 5.69 Å². The van der Waals surface area contributed by atoms with E-state index in [-0.39, 0.29) is 0 Å². The van der Waals surface area contributed by atoms with Crippen LogP contribution in [0.15, 0.2) is 182 Å². The van der Waals surface area contributed by atoms with Gasteiger partial charge in [-0.1, -0.05) is 146 Å². The number of benzene rings is 8. The van der Waals surface area contributed by atoms with Gasteiger partial charge in [0, 0.05) is 22.7 Å². The third-order valence-corrected chi connectivity index (χ3v) is 9.28. The minimum Gasteiger partial charge on any atom is -0.294 e. The van der Waals surface area contributed by atoms with Crippen LogP contribution in [-0.2, 0) is 0 Å². The molecule has 220 valence electrons. The molecule has 0 bridgehead atoms. The van der Waals surface area contributed by atoms with Gasteiger partial charge in [-0.15, -0.1) is 0 Å². The van der Waals surface area contributed by atoms with Gasteiger partial charge in [0.2, 0.25) is 0 Å². The van der Waals surface area contributed by atoms with Crippen LogP contribution in [0.25, 0.3) is 65.3 Å². The van der Waals surface area contributed by atoms with Crippen LogP contribution in [0.2, 0.25) is 0 Å². The van der Waals surface area contributed by atoms with Crippen molar-refractivity contribution < 1.29 is 0 Å². The van der Waals surface area contributed by atoms with Gasteiger partial charge in [-0.25, -0.2) is 4.98 Å².